The lowest BCUT2D eigenvalue weighted by Gasteiger charge is -2.03. The largest absolute Gasteiger partial charge is 0.466 e. The highest BCUT2D eigenvalue weighted by atomic mass is 16.5. The summed E-state index contributed by atoms with van der Waals surface area (Å²) in [6.07, 6.45) is 18.5. The van der Waals surface area contributed by atoms with Gasteiger partial charge in [-0.15, -0.1) is 0 Å². The van der Waals surface area contributed by atoms with Crippen LogP contribution >= 0.6 is 0 Å². The van der Waals surface area contributed by atoms with Crippen LogP contribution in [-0.2, 0) is 9.53 Å². The number of hydrogen-bond acceptors (Lipinski definition) is 3. The Labute approximate surface area is 143 Å². The minimum absolute atomic E-state index is 0.0521. The van der Waals surface area contributed by atoms with Crippen LogP contribution in [0, 0.1) is 0 Å². The van der Waals surface area contributed by atoms with Gasteiger partial charge in [0.05, 0.1) is 12.7 Å². The number of aliphatic hydroxyl groups is 1. The summed E-state index contributed by atoms with van der Waals surface area (Å²) in [5.41, 5.74) is 0. The van der Waals surface area contributed by atoms with Gasteiger partial charge >= 0.3 is 5.97 Å². The van der Waals surface area contributed by atoms with E-state index in [1.54, 1.807) is 0 Å². The Morgan fingerprint density at radius 1 is 0.957 bits per heavy atom. The predicted molar refractivity (Wildman–Crippen MR) is 97.5 cm³/mol. The molecule has 1 unspecified atom stereocenters. The van der Waals surface area contributed by atoms with Gasteiger partial charge in [-0.1, -0.05) is 70.4 Å². The molecule has 3 heteroatoms. The van der Waals surface area contributed by atoms with Crippen LogP contribution < -0.4 is 0 Å². The molecule has 0 aliphatic rings. The molecule has 0 bridgehead atoms. The van der Waals surface area contributed by atoms with Gasteiger partial charge < -0.3 is 9.84 Å². The van der Waals surface area contributed by atoms with Crippen molar-refractivity contribution in [2.24, 2.45) is 0 Å². The van der Waals surface area contributed by atoms with Gasteiger partial charge in [-0.2, -0.15) is 0 Å². The van der Waals surface area contributed by atoms with E-state index in [0.29, 0.717) is 13.0 Å². The Morgan fingerprint density at radius 2 is 1.52 bits per heavy atom. The van der Waals surface area contributed by atoms with Gasteiger partial charge in [0.15, 0.2) is 0 Å². The molecule has 0 saturated carbocycles. The monoisotopic (exact) mass is 326 g/mol. The zero-order valence-electron chi connectivity index (χ0n) is 15.4. The number of carbonyl (C=O) groups is 1. The predicted octanol–water partition coefficient (Wildman–Crippen LogP) is 5.56. The van der Waals surface area contributed by atoms with E-state index in [1.165, 1.54) is 44.9 Å². The topological polar surface area (TPSA) is 46.5 Å². The van der Waals surface area contributed by atoms with E-state index in [1.807, 2.05) is 13.0 Å². The second-order valence-electron chi connectivity index (χ2n) is 6.31. The maximum absolute atomic E-state index is 11.2. The summed E-state index contributed by atoms with van der Waals surface area (Å²) < 4.78 is 4.91. The molecule has 0 aliphatic carbocycles. The van der Waals surface area contributed by atoms with Crippen LogP contribution in [-0.4, -0.2) is 23.8 Å². The highest BCUT2D eigenvalue weighted by molar-refractivity contribution is 5.69. The first-order valence-corrected chi connectivity index (χ1v) is 9.71. The molecule has 0 radical (unpaired) electrons. The van der Waals surface area contributed by atoms with Crippen molar-refractivity contribution in [2.45, 2.75) is 103 Å². The lowest BCUT2D eigenvalue weighted by atomic mass is 10.1. The molecule has 1 atom stereocenters. The van der Waals surface area contributed by atoms with Crippen LogP contribution in [0.5, 0.6) is 0 Å². The van der Waals surface area contributed by atoms with Gasteiger partial charge in [0.1, 0.15) is 0 Å². The van der Waals surface area contributed by atoms with E-state index in [2.05, 4.69) is 13.0 Å². The molecule has 0 spiro atoms. The van der Waals surface area contributed by atoms with Gasteiger partial charge in [-0.3, -0.25) is 4.79 Å². The number of carbonyl (C=O) groups excluding carboxylic acids is 1. The Kier molecular flexibility index (Phi) is 16.9. The Bertz CT molecular complexity index is 287. The Morgan fingerprint density at radius 3 is 2.09 bits per heavy atom. The standard InChI is InChI=1S/C20H38O3/c1-3-16-19(21)17-14-12-10-8-6-5-7-9-11-13-15-18-20(22)23-4-2/h14,17,19,21H,3-13,15-16,18H2,1-2H3/b17-14-. The summed E-state index contributed by atoms with van der Waals surface area (Å²) in [5.74, 6) is -0.0521. The maximum Gasteiger partial charge on any atom is 0.305 e. The molecular formula is C20H38O3. The van der Waals surface area contributed by atoms with Crippen LogP contribution in [0.3, 0.4) is 0 Å². The summed E-state index contributed by atoms with van der Waals surface area (Å²) in [6.45, 7) is 4.44. The van der Waals surface area contributed by atoms with E-state index in [-0.39, 0.29) is 12.1 Å². The lowest BCUT2D eigenvalue weighted by molar-refractivity contribution is -0.143. The fourth-order valence-corrected chi connectivity index (χ4v) is 2.65. The fraction of sp³-hybridized carbons (Fsp3) is 0.850. The van der Waals surface area contributed by atoms with E-state index in [0.717, 1.165) is 32.1 Å². The van der Waals surface area contributed by atoms with Crippen LogP contribution in [0.1, 0.15) is 97.3 Å². The second kappa shape index (κ2) is 17.5. The summed E-state index contributed by atoms with van der Waals surface area (Å²) in [7, 11) is 0. The van der Waals surface area contributed by atoms with Crippen LogP contribution in [0.25, 0.3) is 0 Å². The number of hydrogen-bond donors (Lipinski definition) is 1. The van der Waals surface area contributed by atoms with Crippen molar-refractivity contribution in [3.63, 3.8) is 0 Å². The molecule has 3 nitrogen and oxygen atoms in total. The maximum atomic E-state index is 11.2. The van der Waals surface area contributed by atoms with Gasteiger partial charge in [-0.25, -0.2) is 0 Å². The SMILES string of the molecule is CCCC(O)/C=C\CCCCCCCCCCCC(=O)OCC. The zero-order valence-corrected chi connectivity index (χ0v) is 15.4. The summed E-state index contributed by atoms with van der Waals surface area (Å²) in [6, 6.07) is 0. The van der Waals surface area contributed by atoms with Crippen LogP contribution in [0.2, 0.25) is 0 Å². The molecule has 0 aromatic heterocycles. The normalized spacial score (nSPS) is 12.7. The first kappa shape index (κ1) is 22.2. The molecule has 0 heterocycles. The van der Waals surface area contributed by atoms with E-state index in [4.69, 9.17) is 4.74 Å². The molecule has 0 aliphatic heterocycles. The first-order valence-electron chi connectivity index (χ1n) is 9.71. The number of unbranched alkanes of at least 4 members (excludes halogenated alkanes) is 9. The van der Waals surface area contributed by atoms with Crippen molar-refractivity contribution in [1.82, 2.24) is 0 Å². The summed E-state index contributed by atoms with van der Waals surface area (Å²) in [4.78, 5) is 11.2. The smallest absolute Gasteiger partial charge is 0.305 e. The minimum Gasteiger partial charge on any atom is -0.466 e. The number of allylic oxidation sites excluding steroid dienone is 1. The second-order valence-corrected chi connectivity index (χ2v) is 6.31. The summed E-state index contributed by atoms with van der Waals surface area (Å²) >= 11 is 0. The van der Waals surface area contributed by atoms with Crippen molar-refractivity contribution in [3.8, 4) is 0 Å². The number of ether oxygens (including phenoxy) is 1. The van der Waals surface area contributed by atoms with E-state index in [9.17, 15) is 9.90 Å². The van der Waals surface area contributed by atoms with Crippen molar-refractivity contribution < 1.29 is 14.6 Å². The van der Waals surface area contributed by atoms with Gasteiger partial charge in [0.2, 0.25) is 0 Å². The zero-order chi connectivity index (χ0) is 17.2. The molecule has 1 N–H and O–H groups in total. The third-order valence-corrected chi connectivity index (χ3v) is 4.00. The average molecular weight is 327 g/mol. The van der Waals surface area contributed by atoms with Crippen molar-refractivity contribution in [2.75, 3.05) is 6.61 Å². The van der Waals surface area contributed by atoms with Crippen LogP contribution in [0.4, 0.5) is 0 Å². The average Bonchev–Trinajstić information content (AvgIpc) is 2.52. The Hall–Kier alpha value is -0.830. The quantitative estimate of drug-likeness (QED) is 0.229. The molecular weight excluding hydrogens is 288 g/mol. The molecule has 0 aromatic rings. The van der Waals surface area contributed by atoms with Gasteiger partial charge in [0.25, 0.3) is 0 Å². The number of aliphatic hydroxyl groups excluding tert-OH is 1. The highest BCUT2D eigenvalue weighted by Crippen LogP contribution is 2.12. The molecule has 0 aromatic carbocycles. The molecule has 0 fully saturated rings. The lowest BCUT2D eigenvalue weighted by Crippen LogP contribution is -2.03. The minimum atomic E-state index is -0.246. The van der Waals surface area contributed by atoms with Crippen LogP contribution in [0.15, 0.2) is 12.2 Å². The third-order valence-electron chi connectivity index (χ3n) is 4.00. The molecule has 136 valence electrons. The fourth-order valence-electron chi connectivity index (χ4n) is 2.65. The van der Waals surface area contributed by atoms with Crippen molar-refractivity contribution in [3.05, 3.63) is 12.2 Å². The summed E-state index contributed by atoms with van der Waals surface area (Å²) in [5, 5.41) is 9.56. The molecule has 0 rings (SSSR count). The highest BCUT2D eigenvalue weighted by Gasteiger charge is 2.00. The van der Waals surface area contributed by atoms with E-state index >= 15 is 0 Å². The molecule has 0 saturated heterocycles. The Balaban J connectivity index is 3.17. The third kappa shape index (κ3) is 17.4. The van der Waals surface area contributed by atoms with Gasteiger partial charge in [-0.05, 0) is 32.6 Å². The molecule has 0 amide bonds. The number of rotatable bonds is 16. The first-order chi connectivity index (χ1) is 11.2. The molecule has 23 heavy (non-hydrogen) atoms. The van der Waals surface area contributed by atoms with Gasteiger partial charge in [0, 0.05) is 6.42 Å². The van der Waals surface area contributed by atoms with Crippen molar-refractivity contribution in [1.29, 1.82) is 0 Å². The number of esters is 1. The van der Waals surface area contributed by atoms with E-state index < -0.39 is 0 Å². The van der Waals surface area contributed by atoms with Crippen molar-refractivity contribution >= 4 is 5.97 Å².